The highest BCUT2D eigenvalue weighted by Crippen LogP contribution is 2.26. The van der Waals surface area contributed by atoms with E-state index in [9.17, 15) is 13.2 Å². The fourth-order valence-electron chi connectivity index (χ4n) is 3.19. The lowest BCUT2D eigenvalue weighted by Gasteiger charge is -2.32. The van der Waals surface area contributed by atoms with Crippen LogP contribution in [0, 0.1) is 0 Å². The number of nitrogens with one attached hydrogen (secondary N) is 1. The summed E-state index contributed by atoms with van der Waals surface area (Å²) in [4.78, 5) is 16.7. The van der Waals surface area contributed by atoms with Gasteiger partial charge in [-0.15, -0.1) is 0 Å². The van der Waals surface area contributed by atoms with Crippen molar-refractivity contribution in [3.8, 4) is 5.88 Å². The third kappa shape index (κ3) is 4.12. The Hall–Kier alpha value is -2.45. The highest BCUT2D eigenvalue weighted by Gasteiger charge is 2.30. The summed E-state index contributed by atoms with van der Waals surface area (Å²) in [6.07, 6.45) is 4.35. The van der Waals surface area contributed by atoms with Gasteiger partial charge in [0, 0.05) is 24.3 Å². The van der Waals surface area contributed by atoms with Gasteiger partial charge in [-0.2, -0.15) is 4.31 Å². The number of methoxy groups -OCH3 is 1. The van der Waals surface area contributed by atoms with E-state index in [2.05, 4.69) is 10.3 Å². The first-order chi connectivity index (χ1) is 12.9. The van der Waals surface area contributed by atoms with Crippen molar-refractivity contribution in [3.05, 3.63) is 48.2 Å². The van der Waals surface area contributed by atoms with E-state index >= 15 is 0 Å². The van der Waals surface area contributed by atoms with Gasteiger partial charge >= 0.3 is 0 Å². The van der Waals surface area contributed by atoms with Gasteiger partial charge in [0.05, 0.1) is 12.0 Å². The van der Waals surface area contributed by atoms with E-state index in [-0.39, 0.29) is 16.8 Å². The van der Waals surface area contributed by atoms with E-state index in [0.717, 1.165) is 19.3 Å². The van der Waals surface area contributed by atoms with Crippen LogP contribution < -0.4 is 10.1 Å². The van der Waals surface area contributed by atoms with Crippen LogP contribution in [0.4, 0.5) is 5.69 Å². The first-order valence-electron chi connectivity index (χ1n) is 8.86. The summed E-state index contributed by atoms with van der Waals surface area (Å²) in [6.45, 7) is 2.46. The lowest BCUT2D eigenvalue weighted by molar-refractivity contribution is 0.102. The molecule has 0 aliphatic carbocycles. The molecule has 2 aromatic rings. The number of aromatic nitrogens is 1. The predicted octanol–water partition coefficient (Wildman–Crippen LogP) is 2.91. The maximum Gasteiger partial charge on any atom is 0.255 e. The number of hydrogen-bond acceptors (Lipinski definition) is 5. The number of anilines is 1. The zero-order valence-electron chi connectivity index (χ0n) is 15.4. The fraction of sp³-hybridized carbons (Fsp3) is 0.368. The smallest absolute Gasteiger partial charge is 0.255 e. The van der Waals surface area contributed by atoms with Crippen LogP contribution in [-0.4, -0.2) is 43.3 Å². The molecule has 1 aliphatic heterocycles. The second-order valence-corrected chi connectivity index (χ2v) is 8.39. The summed E-state index contributed by atoms with van der Waals surface area (Å²) >= 11 is 0. The molecule has 2 heterocycles. The van der Waals surface area contributed by atoms with E-state index in [1.165, 1.54) is 31.4 Å². The third-order valence-electron chi connectivity index (χ3n) is 4.68. The standard InChI is InChI=1S/C19H23N3O4S/c1-14-6-3-4-13-22(14)27(24,25)16-10-8-15(9-11-16)18(23)21-17-7-5-12-20-19(17)26-2/h5,7-12,14H,3-4,6,13H2,1-2H3,(H,21,23)/t14-/m0/s1. The molecule has 1 fully saturated rings. The zero-order valence-corrected chi connectivity index (χ0v) is 16.2. The molecule has 0 unspecified atom stereocenters. The number of amides is 1. The molecule has 3 rings (SSSR count). The number of sulfonamides is 1. The van der Waals surface area contributed by atoms with Crippen LogP contribution in [0.5, 0.6) is 5.88 Å². The molecule has 144 valence electrons. The second kappa shape index (κ2) is 8.06. The van der Waals surface area contributed by atoms with E-state index in [4.69, 9.17) is 4.74 Å². The normalized spacial score (nSPS) is 18.1. The van der Waals surface area contributed by atoms with Crippen molar-refractivity contribution in [3.63, 3.8) is 0 Å². The van der Waals surface area contributed by atoms with Crippen molar-refractivity contribution < 1.29 is 17.9 Å². The minimum absolute atomic E-state index is 0.00947. The van der Waals surface area contributed by atoms with Crippen molar-refractivity contribution in [1.82, 2.24) is 9.29 Å². The highest BCUT2D eigenvalue weighted by molar-refractivity contribution is 7.89. The van der Waals surface area contributed by atoms with E-state index in [1.807, 2.05) is 6.92 Å². The van der Waals surface area contributed by atoms with Gasteiger partial charge in [-0.1, -0.05) is 6.42 Å². The molecule has 0 bridgehead atoms. The van der Waals surface area contributed by atoms with Crippen LogP contribution in [0.2, 0.25) is 0 Å². The maximum atomic E-state index is 12.9. The maximum absolute atomic E-state index is 12.9. The van der Waals surface area contributed by atoms with Crippen LogP contribution >= 0.6 is 0 Å². The first kappa shape index (κ1) is 19.3. The lowest BCUT2D eigenvalue weighted by Crippen LogP contribution is -2.41. The Labute approximate surface area is 159 Å². The summed E-state index contributed by atoms with van der Waals surface area (Å²) in [7, 11) is -2.08. The molecular weight excluding hydrogens is 366 g/mol. The van der Waals surface area contributed by atoms with Gasteiger partial charge in [-0.05, 0) is 56.2 Å². The number of carbonyl (C=O) groups is 1. The van der Waals surface area contributed by atoms with Crippen LogP contribution in [0.25, 0.3) is 0 Å². The molecule has 1 aromatic heterocycles. The quantitative estimate of drug-likeness (QED) is 0.849. The van der Waals surface area contributed by atoms with Gasteiger partial charge in [-0.25, -0.2) is 13.4 Å². The van der Waals surface area contributed by atoms with Gasteiger partial charge in [0.25, 0.3) is 5.91 Å². The summed E-state index contributed by atoms with van der Waals surface area (Å²) in [5, 5.41) is 2.72. The molecular formula is C19H23N3O4S. The van der Waals surface area contributed by atoms with Crippen LogP contribution in [0.1, 0.15) is 36.5 Å². The van der Waals surface area contributed by atoms with Gasteiger partial charge in [0.15, 0.2) is 0 Å². The van der Waals surface area contributed by atoms with Crippen molar-refractivity contribution in [2.24, 2.45) is 0 Å². The van der Waals surface area contributed by atoms with Crippen molar-refractivity contribution in [2.75, 3.05) is 19.0 Å². The number of ether oxygens (including phenoxy) is 1. The molecule has 1 aliphatic rings. The Balaban J connectivity index is 1.77. The summed E-state index contributed by atoms with van der Waals surface area (Å²) in [5.41, 5.74) is 0.801. The summed E-state index contributed by atoms with van der Waals surface area (Å²) < 4.78 is 32.4. The molecule has 7 nitrogen and oxygen atoms in total. The number of rotatable bonds is 5. The van der Waals surface area contributed by atoms with E-state index in [0.29, 0.717) is 23.7 Å². The van der Waals surface area contributed by atoms with Crippen LogP contribution in [0.15, 0.2) is 47.5 Å². The molecule has 27 heavy (non-hydrogen) atoms. The largest absolute Gasteiger partial charge is 0.480 e. The lowest BCUT2D eigenvalue weighted by atomic mass is 10.1. The molecule has 0 saturated carbocycles. The average Bonchev–Trinajstić information content (AvgIpc) is 2.68. The first-order valence-corrected chi connectivity index (χ1v) is 10.3. The monoisotopic (exact) mass is 389 g/mol. The average molecular weight is 389 g/mol. The molecule has 1 atom stereocenters. The minimum atomic E-state index is -3.55. The van der Waals surface area contributed by atoms with Crippen molar-refractivity contribution in [2.45, 2.75) is 37.1 Å². The highest BCUT2D eigenvalue weighted by atomic mass is 32.2. The van der Waals surface area contributed by atoms with Crippen LogP contribution in [-0.2, 0) is 10.0 Å². The van der Waals surface area contributed by atoms with Gasteiger partial charge in [-0.3, -0.25) is 4.79 Å². The molecule has 1 saturated heterocycles. The van der Waals surface area contributed by atoms with Gasteiger partial charge in [0.2, 0.25) is 15.9 Å². The molecule has 1 aromatic carbocycles. The zero-order chi connectivity index (χ0) is 19.4. The second-order valence-electron chi connectivity index (χ2n) is 6.50. The minimum Gasteiger partial charge on any atom is -0.480 e. The van der Waals surface area contributed by atoms with Crippen molar-refractivity contribution >= 4 is 21.6 Å². The summed E-state index contributed by atoms with van der Waals surface area (Å²) in [5.74, 6) is -0.0549. The molecule has 8 heteroatoms. The Morgan fingerprint density at radius 2 is 1.96 bits per heavy atom. The summed E-state index contributed by atoms with van der Waals surface area (Å²) in [6, 6.07) is 9.34. The number of benzene rings is 1. The number of piperidine rings is 1. The Morgan fingerprint density at radius 1 is 1.22 bits per heavy atom. The van der Waals surface area contributed by atoms with E-state index in [1.54, 1.807) is 22.6 Å². The molecule has 1 N–H and O–H groups in total. The topological polar surface area (TPSA) is 88.6 Å². The van der Waals surface area contributed by atoms with Crippen LogP contribution in [0.3, 0.4) is 0 Å². The third-order valence-corrected chi connectivity index (χ3v) is 6.71. The van der Waals surface area contributed by atoms with Gasteiger partial charge < -0.3 is 10.1 Å². The number of nitrogens with zero attached hydrogens (tertiary/aromatic N) is 2. The number of pyridine rings is 1. The fourth-order valence-corrected chi connectivity index (χ4v) is 4.89. The Morgan fingerprint density at radius 3 is 2.63 bits per heavy atom. The molecule has 0 spiro atoms. The van der Waals surface area contributed by atoms with Crippen molar-refractivity contribution in [1.29, 1.82) is 0 Å². The van der Waals surface area contributed by atoms with E-state index < -0.39 is 10.0 Å². The SMILES string of the molecule is COc1ncccc1NC(=O)c1ccc(S(=O)(=O)N2CCCC[C@@H]2C)cc1. The Kier molecular flexibility index (Phi) is 5.76. The number of carbonyl (C=O) groups excluding carboxylic acids is 1. The number of hydrogen-bond donors (Lipinski definition) is 1. The van der Waals surface area contributed by atoms with Gasteiger partial charge in [0.1, 0.15) is 5.69 Å². The molecule has 1 amide bonds. The predicted molar refractivity (Wildman–Crippen MR) is 102 cm³/mol. The Bertz CT molecular complexity index is 913. The molecule has 0 radical (unpaired) electrons.